The quantitative estimate of drug-likeness (QED) is 0.633. The fourth-order valence-electron chi connectivity index (χ4n) is 3.41. The first-order chi connectivity index (χ1) is 14.3. The second-order valence-electron chi connectivity index (χ2n) is 6.72. The second kappa shape index (κ2) is 7.31. The molecular weight excluding hydrogens is 406 g/mol. The number of allylic oxidation sites excluding steroid dienone is 1. The first kappa shape index (κ1) is 19.7. The van der Waals surface area contributed by atoms with Gasteiger partial charge in [-0.2, -0.15) is 0 Å². The number of carboxylic acids is 1. The van der Waals surface area contributed by atoms with Crippen LogP contribution in [0.3, 0.4) is 0 Å². The maximum absolute atomic E-state index is 13.4. The van der Waals surface area contributed by atoms with E-state index in [4.69, 9.17) is 9.84 Å². The number of carbonyl (C=O) groups excluding carboxylic acids is 1. The minimum atomic E-state index is -4.01. The number of nitrogens with zero attached hydrogens (tertiary/aromatic N) is 1. The van der Waals surface area contributed by atoms with Crippen LogP contribution in [-0.2, 0) is 19.6 Å². The standard InChI is InChI=1S/C22H17NO6S/c1-23-20(21(26)16-11-10-14-6-2-3-7-15(14)12-16)22(29-13-19(24)25)17-8-4-5-9-18(17)30(23,27)28/h2-12H,13H2,1H3,(H,24,25). The molecule has 0 bridgehead atoms. The minimum absolute atomic E-state index is 0.0528. The average Bonchev–Trinajstić information content (AvgIpc) is 2.74. The molecule has 3 aromatic rings. The largest absolute Gasteiger partial charge is 0.479 e. The zero-order chi connectivity index (χ0) is 21.5. The van der Waals surface area contributed by atoms with Gasteiger partial charge in [-0.25, -0.2) is 13.2 Å². The number of ketones is 1. The summed E-state index contributed by atoms with van der Waals surface area (Å²) in [7, 11) is -2.76. The molecule has 0 aliphatic carbocycles. The van der Waals surface area contributed by atoms with Crippen LogP contribution in [0.4, 0.5) is 0 Å². The highest BCUT2D eigenvalue weighted by molar-refractivity contribution is 7.89. The molecule has 0 aromatic heterocycles. The van der Waals surface area contributed by atoms with Gasteiger partial charge in [0, 0.05) is 18.2 Å². The summed E-state index contributed by atoms with van der Waals surface area (Å²) in [5, 5.41) is 10.8. The Bertz CT molecular complexity index is 1330. The highest BCUT2D eigenvalue weighted by Crippen LogP contribution is 2.38. The third kappa shape index (κ3) is 3.21. The van der Waals surface area contributed by atoms with Crippen LogP contribution in [-0.4, -0.2) is 43.2 Å². The number of carboxylic acid groups (broad SMARTS) is 1. The summed E-state index contributed by atoms with van der Waals surface area (Å²) in [6.07, 6.45) is 0. The molecule has 1 aliphatic heterocycles. The molecule has 0 saturated heterocycles. The Labute approximate surface area is 172 Å². The zero-order valence-electron chi connectivity index (χ0n) is 15.9. The Balaban J connectivity index is 1.93. The second-order valence-corrected chi connectivity index (χ2v) is 8.66. The van der Waals surface area contributed by atoms with E-state index in [1.54, 1.807) is 30.3 Å². The van der Waals surface area contributed by atoms with Gasteiger partial charge in [-0.3, -0.25) is 9.10 Å². The highest BCUT2D eigenvalue weighted by atomic mass is 32.2. The first-order valence-corrected chi connectivity index (χ1v) is 10.5. The van der Waals surface area contributed by atoms with Gasteiger partial charge >= 0.3 is 5.97 Å². The number of hydrogen-bond donors (Lipinski definition) is 1. The van der Waals surface area contributed by atoms with Gasteiger partial charge in [0.2, 0.25) is 5.78 Å². The number of rotatable bonds is 5. The monoisotopic (exact) mass is 423 g/mol. The van der Waals surface area contributed by atoms with Crippen LogP contribution in [0.15, 0.2) is 77.3 Å². The van der Waals surface area contributed by atoms with Gasteiger partial charge in [-0.15, -0.1) is 0 Å². The predicted octanol–water partition coefficient (Wildman–Crippen LogP) is 3.13. The molecule has 1 N–H and O–H groups in total. The fraction of sp³-hybridized carbons (Fsp3) is 0.0909. The van der Waals surface area contributed by atoms with E-state index in [0.29, 0.717) is 0 Å². The van der Waals surface area contributed by atoms with E-state index < -0.39 is 28.4 Å². The molecule has 0 amide bonds. The number of sulfonamides is 1. The molecule has 0 fully saturated rings. The Kier molecular flexibility index (Phi) is 4.79. The fourth-order valence-corrected chi connectivity index (χ4v) is 4.80. The summed E-state index contributed by atoms with van der Waals surface area (Å²) in [4.78, 5) is 24.5. The summed E-state index contributed by atoms with van der Waals surface area (Å²) in [5.74, 6) is -1.90. The number of carbonyl (C=O) groups is 2. The normalized spacial score (nSPS) is 15.0. The zero-order valence-corrected chi connectivity index (χ0v) is 16.7. The lowest BCUT2D eigenvalue weighted by Crippen LogP contribution is -2.35. The van der Waals surface area contributed by atoms with E-state index in [0.717, 1.165) is 15.1 Å². The number of fused-ring (bicyclic) bond motifs is 2. The van der Waals surface area contributed by atoms with Gasteiger partial charge in [0.05, 0.1) is 4.90 Å². The number of Topliss-reactive ketones (excluding diaryl/α,β-unsaturated/α-hetero) is 1. The average molecular weight is 423 g/mol. The van der Waals surface area contributed by atoms with Gasteiger partial charge in [0.15, 0.2) is 12.4 Å². The van der Waals surface area contributed by atoms with Crippen LogP contribution >= 0.6 is 0 Å². The molecule has 1 aliphatic rings. The number of aliphatic carboxylic acids is 1. The van der Waals surface area contributed by atoms with Crippen molar-refractivity contribution in [3.8, 4) is 0 Å². The lowest BCUT2D eigenvalue weighted by Gasteiger charge is -2.30. The van der Waals surface area contributed by atoms with Gasteiger partial charge in [-0.05, 0) is 29.0 Å². The van der Waals surface area contributed by atoms with Crippen molar-refractivity contribution < 1.29 is 27.9 Å². The van der Waals surface area contributed by atoms with E-state index in [9.17, 15) is 18.0 Å². The van der Waals surface area contributed by atoms with Crippen LogP contribution in [0.5, 0.6) is 0 Å². The molecule has 0 unspecified atom stereocenters. The van der Waals surface area contributed by atoms with E-state index in [-0.39, 0.29) is 27.5 Å². The molecule has 152 valence electrons. The van der Waals surface area contributed by atoms with Crippen LogP contribution in [0.1, 0.15) is 15.9 Å². The SMILES string of the molecule is CN1C(C(=O)c2ccc3ccccc3c2)=C(OCC(=O)O)c2ccccc2S1(=O)=O. The van der Waals surface area contributed by atoms with Gasteiger partial charge in [-0.1, -0.05) is 48.5 Å². The molecule has 0 spiro atoms. The van der Waals surface area contributed by atoms with Crippen LogP contribution < -0.4 is 0 Å². The van der Waals surface area contributed by atoms with Crippen LogP contribution in [0.2, 0.25) is 0 Å². The molecule has 30 heavy (non-hydrogen) atoms. The van der Waals surface area contributed by atoms with Gasteiger partial charge < -0.3 is 9.84 Å². The molecule has 7 nitrogen and oxygen atoms in total. The Hall–Kier alpha value is -3.65. The van der Waals surface area contributed by atoms with Crippen molar-refractivity contribution in [3.05, 3.63) is 83.6 Å². The maximum atomic E-state index is 13.4. The minimum Gasteiger partial charge on any atom is -0.479 e. The molecule has 0 atom stereocenters. The van der Waals surface area contributed by atoms with E-state index in [1.807, 2.05) is 24.3 Å². The molecule has 1 heterocycles. The highest BCUT2D eigenvalue weighted by Gasteiger charge is 2.39. The Morgan fingerprint density at radius 2 is 1.63 bits per heavy atom. The molecular formula is C22H17NO6S. The molecule has 0 saturated carbocycles. The van der Waals surface area contributed by atoms with Crippen molar-refractivity contribution in [1.82, 2.24) is 4.31 Å². The van der Waals surface area contributed by atoms with Crippen molar-refractivity contribution >= 4 is 38.3 Å². The molecule has 8 heteroatoms. The van der Waals surface area contributed by atoms with Gasteiger partial charge in [0.25, 0.3) is 10.0 Å². The van der Waals surface area contributed by atoms with Crippen LogP contribution in [0, 0.1) is 0 Å². The van der Waals surface area contributed by atoms with Crippen molar-refractivity contribution in [3.63, 3.8) is 0 Å². The van der Waals surface area contributed by atoms with E-state index >= 15 is 0 Å². The predicted molar refractivity (Wildman–Crippen MR) is 110 cm³/mol. The van der Waals surface area contributed by atoms with E-state index in [2.05, 4.69) is 0 Å². The van der Waals surface area contributed by atoms with Crippen LogP contribution in [0.25, 0.3) is 16.5 Å². The summed E-state index contributed by atoms with van der Waals surface area (Å²) < 4.78 is 32.3. The molecule has 4 rings (SSSR count). The lowest BCUT2D eigenvalue weighted by molar-refractivity contribution is -0.140. The number of hydrogen-bond acceptors (Lipinski definition) is 5. The summed E-state index contributed by atoms with van der Waals surface area (Å²) in [5.41, 5.74) is 0.188. The van der Waals surface area contributed by atoms with Crippen molar-refractivity contribution in [2.45, 2.75) is 4.90 Å². The van der Waals surface area contributed by atoms with E-state index in [1.165, 1.54) is 19.2 Å². The number of benzene rings is 3. The maximum Gasteiger partial charge on any atom is 0.341 e. The van der Waals surface area contributed by atoms with Gasteiger partial charge in [0.1, 0.15) is 5.70 Å². The summed E-state index contributed by atoms with van der Waals surface area (Å²) in [6, 6.07) is 18.5. The third-order valence-electron chi connectivity index (χ3n) is 4.87. The van der Waals surface area contributed by atoms with Crippen molar-refractivity contribution in [2.75, 3.05) is 13.7 Å². The molecule has 3 aromatic carbocycles. The number of ether oxygens (including phenoxy) is 1. The third-order valence-corrected chi connectivity index (χ3v) is 6.68. The topological polar surface area (TPSA) is 101 Å². The number of likely N-dealkylation sites (N-methyl/N-ethyl adjacent to an activating group) is 1. The van der Waals surface area contributed by atoms with Crippen molar-refractivity contribution in [1.29, 1.82) is 0 Å². The smallest absolute Gasteiger partial charge is 0.341 e. The Morgan fingerprint density at radius 3 is 2.37 bits per heavy atom. The molecule has 0 radical (unpaired) electrons. The first-order valence-electron chi connectivity index (χ1n) is 9.01. The lowest BCUT2D eigenvalue weighted by atomic mass is 10.0. The summed E-state index contributed by atoms with van der Waals surface area (Å²) >= 11 is 0. The Morgan fingerprint density at radius 1 is 0.967 bits per heavy atom. The van der Waals surface area contributed by atoms with Crippen molar-refractivity contribution in [2.24, 2.45) is 0 Å². The summed E-state index contributed by atoms with van der Waals surface area (Å²) in [6.45, 7) is -0.716.